The molecule has 1 aromatic carbocycles. The quantitative estimate of drug-likeness (QED) is 0.744. The van der Waals surface area contributed by atoms with Gasteiger partial charge in [-0.1, -0.05) is 29.8 Å². The maximum absolute atomic E-state index is 12.1. The van der Waals surface area contributed by atoms with E-state index in [1.165, 1.54) is 0 Å². The molecule has 24 heavy (non-hydrogen) atoms. The number of benzene rings is 1. The van der Waals surface area contributed by atoms with Crippen LogP contribution in [0.3, 0.4) is 0 Å². The van der Waals surface area contributed by atoms with Crippen LogP contribution in [-0.2, 0) is 11.3 Å². The van der Waals surface area contributed by atoms with Crippen LogP contribution in [0.5, 0.6) is 5.88 Å². The smallest absolute Gasteiger partial charge is 0.261 e. The Labute approximate surface area is 144 Å². The van der Waals surface area contributed by atoms with Crippen molar-refractivity contribution in [3.8, 4) is 11.6 Å². The maximum Gasteiger partial charge on any atom is 0.261 e. The summed E-state index contributed by atoms with van der Waals surface area (Å²) >= 11 is 6.15. The van der Waals surface area contributed by atoms with E-state index >= 15 is 0 Å². The topological polar surface area (TPSA) is 69.3 Å². The Balaban J connectivity index is 1.62. The normalized spacial score (nSPS) is 11.9. The number of halogens is 1. The van der Waals surface area contributed by atoms with E-state index in [1.807, 2.05) is 30.3 Å². The number of para-hydroxylation sites is 1. The summed E-state index contributed by atoms with van der Waals surface area (Å²) < 4.78 is 12.3. The molecule has 0 radical (unpaired) electrons. The molecule has 0 bridgehead atoms. The van der Waals surface area contributed by atoms with E-state index in [0.29, 0.717) is 17.3 Å². The van der Waals surface area contributed by atoms with Gasteiger partial charge in [0.25, 0.3) is 11.8 Å². The van der Waals surface area contributed by atoms with Gasteiger partial charge in [0.1, 0.15) is 10.8 Å². The lowest BCUT2D eigenvalue weighted by molar-refractivity contribution is -0.127. The van der Waals surface area contributed by atoms with Crippen LogP contribution in [0.4, 0.5) is 0 Å². The summed E-state index contributed by atoms with van der Waals surface area (Å²) in [6, 6.07) is 13.0. The van der Waals surface area contributed by atoms with Gasteiger partial charge in [0, 0.05) is 0 Å². The van der Waals surface area contributed by atoms with Crippen molar-refractivity contribution in [1.29, 1.82) is 0 Å². The van der Waals surface area contributed by atoms with E-state index in [4.69, 9.17) is 20.8 Å². The molecule has 0 aliphatic heterocycles. The summed E-state index contributed by atoms with van der Waals surface area (Å²) in [6.45, 7) is 1.93. The Kier molecular flexibility index (Phi) is 4.86. The van der Waals surface area contributed by atoms with E-state index in [0.717, 1.165) is 5.69 Å². The lowest BCUT2D eigenvalue weighted by Crippen LogP contribution is -2.36. The average Bonchev–Trinajstić information content (AvgIpc) is 3.24. The molecule has 1 atom stereocenters. The minimum absolute atomic E-state index is 0.209. The highest BCUT2D eigenvalue weighted by atomic mass is 35.5. The van der Waals surface area contributed by atoms with Crippen LogP contribution in [0.15, 0.2) is 59.3 Å². The molecule has 0 aliphatic carbocycles. The molecule has 2 heterocycles. The Bertz CT molecular complexity index is 800. The predicted octanol–water partition coefficient (Wildman–Crippen LogP) is 3.20. The molecule has 7 heteroatoms. The van der Waals surface area contributed by atoms with Gasteiger partial charge in [-0.2, -0.15) is 0 Å². The molecule has 0 fully saturated rings. The number of furan rings is 1. The number of carbonyl (C=O) groups is 1. The van der Waals surface area contributed by atoms with E-state index in [-0.39, 0.29) is 11.8 Å². The van der Waals surface area contributed by atoms with Crippen molar-refractivity contribution in [1.82, 2.24) is 15.1 Å². The zero-order valence-corrected chi connectivity index (χ0v) is 13.7. The van der Waals surface area contributed by atoms with Gasteiger partial charge in [-0.05, 0) is 31.2 Å². The van der Waals surface area contributed by atoms with Crippen molar-refractivity contribution in [3.05, 3.63) is 65.7 Å². The second-order valence-corrected chi connectivity index (χ2v) is 5.53. The van der Waals surface area contributed by atoms with E-state index in [1.54, 1.807) is 36.2 Å². The molecule has 3 aromatic rings. The van der Waals surface area contributed by atoms with Gasteiger partial charge in [-0.3, -0.25) is 4.79 Å². The Morgan fingerprint density at radius 1 is 1.33 bits per heavy atom. The van der Waals surface area contributed by atoms with Gasteiger partial charge in [0.2, 0.25) is 0 Å². The minimum atomic E-state index is -0.739. The zero-order valence-electron chi connectivity index (χ0n) is 13.0. The number of ether oxygens (including phenoxy) is 1. The molecule has 3 rings (SSSR count). The largest absolute Gasteiger partial charge is 0.467 e. The van der Waals surface area contributed by atoms with Gasteiger partial charge >= 0.3 is 0 Å². The van der Waals surface area contributed by atoms with Gasteiger partial charge in [0.05, 0.1) is 24.7 Å². The third kappa shape index (κ3) is 3.78. The van der Waals surface area contributed by atoms with Crippen LogP contribution >= 0.6 is 11.6 Å². The van der Waals surface area contributed by atoms with Crippen LogP contribution in [0.25, 0.3) is 5.69 Å². The summed E-state index contributed by atoms with van der Waals surface area (Å²) in [4.78, 5) is 12.1. The SMILES string of the molecule is C[C@@H](Oc1nn(-c2ccccc2)cc1Cl)C(=O)NCc1ccco1. The highest BCUT2D eigenvalue weighted by Gasteiger charge is 2.19. The summed E-state index contributed by atoms with van der Waals surface area (Å²) in [5.74, 6) is 0.597. The number of aromatic nitrogens is 2. The number of amides is 1. The molecular formula is C17H16ClN3O3. The molecule has 0 unspecified atom stereocenters. The average molecular weight is 346 g/mol. The van der Waals surface area contributed by atoms with Gasteiger partial charge < -0.3 is 14.5 Å². The van der Waals surface area contributed by atoms with Crippen molar-refractivity contribution >= 4 is 17.5 Å². The zero-order chi connectivity index (χ0) is 16.9. The van der Waals surface area contributed by atoms with Crippen LogP contribution < -0.4 is 10.1 Å². The molecule has 1 N–H and O–H groups in total. The van der Waals surface area contributed by atoms with Crippen LogP contribution in [0.2, 0.25) is 5.02 Å². The monoisotopic (exact) mass is 345 g/mol. The standard InChI is InChI=1S/C17H16ClN3O3/c1-12(16(22)19-10-14-8-5-9-23-14)24-17-15(18)11-21(20-17)13-6-3-2-4-7-13/h2-9,11-12H,10H2,1H3,(H,19,22)/t12-/m1/s1. The number of carbonyl (C=O) groups excluding carboxylic acids is 1. The summed E-state index contributed by atoms with van der Waals surface area (Å²) in [7, 11) is 0. The summed E-state index contributed by atoms with van der Waals surface area (Å²) in [6.07, 6.45) is 2.45. The van der Waals surface area contributed by atoms with E-state index < -0.39 is 6.10 Å². The Morgan fingerprint density at radius 2 is 2.12 bits per heavy atom. The van der Waals surface area contributed by atoms with Crippen LogP contribution in [-0.4, -0.2) is 21.8 Å². The fraction of sp³-hybridized carbons (Fsp3) is 0.176. The first-order chi connectivity index (χ1) is 11.6. The summed E-state index contributed by atoms with van der Waals surface area (Å²) in [5.41, 5.74) is 0.851. The van der Waals surface area contributed by atoms with Crippen LogP contribution in [0, 0.1) is 0 Å². The Morgan fingerprint density at radius 3 is 2.83 bits per heavy atom. The van der Waals surface area contributed by atoms with Gasteiger partial charge in [-0.25, -0.2) is 4.68 Å². The molecule has 0 spiro atoms. The molecule has 6 nitrogen and oxygen atoms in total. The predicted molar refractivity (Wildman–Crippen MR) is 89.2 cm³/mol. The number of nitrogens with one attached hydrogen (secondary N) is 1. The molecule has 0 saturated carbocycles. The first-order valence-electron chi connectivity index (χ1n) is 7.41. The molecule has 0 aliphatic rings. The first-order valence-corrected chi connectivity index (χ1v) is 7.78. The number of hydrogen-bond acceptors (Lipinski definition) is 4. The fourth-order valence-electron chi connectivity index (χ4n) is 2.08. The third-order valence-electron chi connectivity index (χ3n) is 3.33. The first kappa shape index (κ1) is 16.1. The van der Waals surface area contributed by atoms with Crippen molar-refractivity contribution < 1.29 is 13.9 Å². The number of rotatable bonds is 6. The molecular weight excluding hydrogens is 330 g/mol. The second-order valence-electron chi connectivity index (χ2n) is 5.12. The highest BCUT2D eigenvalue weighted by Crippen LogP contribution is 2.24. The van der Waals surface area contributed by atoms with Crippen molar-refractivity contribution in [2.45, 2.75) is 19.6 Å². The Hall–Kier alpha value is -2.73. The number of nitrogens with zero attached hydrogens (tertiary/aromatic N) is 2. The molecule has 2 aromatic heterocycles. The van der Waals surface area contributed by atoms with E-state index in [9.17, 15) is 4.79 Å². The second kappa shape index (κ2) is 7.23. The minimum Gasteiger partial charge on any atom is -0.467 e. The van der Waals surface area contributed by atoms with Crippen molar-refractivity contribution in [3.63, 3.8) is 0 Å². The molecule has 124 valence electrons. The van der Waals surface area contributed by atoms with Gasteiger partial charge in [-0.15, -0.1) is 5.10 Å². The molecule has 0 saturated heterocycles. The molecule has 1 amide bonds. The lowest BCUT2D eigenvalue weighted by Gasteiger charge is -2.12. The summed E-state index contributed by atoms with van der Waals surface area (Å²) in [5, 5.41) is 7.34. The van der Waals surface area contributed by atoms with Crippen molar-refractivity contribution in [2.24, 2.45) is 0 Å². The maximum atomic E-state index is 12.1. The lowest BCUT2D eigenvalue weighted by atomic mass is 10.3. The van der Waals surface area contributed by atoms with Crippen molar-refractivity contribution in [2.75, 3.05) is 0 Å². The third-order valence-corrected chi connectivity index (χ3v) is 3.59. The number of hydrogen-bond donors (Lipinski definition) is 1. The fourth-order valence-corrected chi connectivity index (χ4v) is 2.26. The van der Waals surface area contributed by atoms with Gasteiger partial charge in [0.15, 0.2) is 6.10 Å². The highest BCUT2D eigenvalue weighted by molar-refractivity contribution is 6.31. The van der Waals surface area contributed by atoms with Crippen LogP contribution in [0.1, 0.15) is 12.7 Å². The van der Waals surface area contributed by atoms with E-state index in [2.05, 4.69) is 10.4 Å².